The fraction of sp³-hybridized carbons (Fsp3) is 0.0714. The molecule has 0 saturated heterocycles. The van der Waals surface area contributed by atoms with E-state index in [2.05, 4.69) is 79.9 Å². The van der Waals surface area contributed by atoms with Crippen LogP contribution < -0.4 is 0 Å². The second kappa shape index (κ2) is 9.29. The van der Waals surface area contributed by atoms with Crippen molar-refractivity contribution in [2.24, 2.45) is 0 Å². The molecule has 0 aliphatic heterocycles. The van der Waals surface area contributed by atoms with Crippen molar-refractivity contribution in [2.75, 3.05) is 0 Å². The number of hydrogen-bond donors (Lipinski definition) is 1. The minimum Gasteiger partial charge on any atom is -0.361 e. The summed E-state index contributed by atoms with van der Waals surface area (Å²) < 4.78 is 4.39. The van der Waals surface area contributed by atoms with Gasteiger partial charge in [0.1, 0.15) is 0 Å². The van der Waals surface area contributed by atoms with Gasteiger partial charge in [0.15, 0.2) is 0 Å². The Labute approximate surface area is 192 Å². The van der Waals surface area contributed by atoms with Crippen molar-refractivity contribution in [3.63, 3.8) is 0 Å². The summed E-state index contributed by atoms with van der Waals surface area (Å²) in [5.74, 6) is 0. The topological polar surface area (TPSA) is 62.3 Å². The van der Waals surface area contributed by atoms with Crippen LogP contribution in [-0.2, 0) is 13.1 Å². The third kappa shape index (κ3) is 4.56. The van der Waals surface area contributed by atoms with E-state index >= 15 is 0 Å². The highest BCUT2D eigenvalue weighted by molar-refractivity contribution is 5.80. The van der Waals surface area contributed by atoms with Gasteiger partial charge in [0.05, 0.1) is 30.2 Å². The first kappa shape index (κ1) is 20.3. The number of imidazole rings is 1. The van der Waals surface area contributed by atoms with Crippen molar-refractivity contribution >= 4 is 21.8 Å². The Hall–Kier alpha value is -4.56. The number of rotatable bonds is 4. The van der Waals surface area contributed by atoms with Crippen LogP contribution in [0.2, 0.25) is 0 Å². The average Bonchev–Trinajstić information content (AvgIpc) is 3.61. The van der Waals surface area contributed by atoms with E-state index in [1.165, 1.54) is 21.8 Å². The zero-order valence-corrected chi connectivity index (χ0v) is 18.1. The molecule has 0 bridgehead atoms. The summed E-state index contributed by atoms with van der Waals surface area (Å²) in [6, 6.07) is 30.6. The number of benzene rings is 3. The lowest BCUT2D eigenvalue weighted by Crippen LogP contribution is -2.07. The predicted molar refractivity (Wildman–Crippen MR) is 132 cm³/mol. The van der Waals surface area contributed by atoms with Crippen LogP contribution in [0.3, 0.4) is 0 Å². The molecule has 0 atom stereocenters. The number of fused-ring (bicyclic) bond motifs is 2. The summed E-state index contributed by atoms with van der Waals surface area (Å²) in [7, 11) is 0. The van der Waals surface area contributed by atoms with E-state index in [1.807, 2.05) is 55.1 Å². The maximum absolute atomic E-state index is 8.89. The molecule has 33 heavy (non-hydrogen) atoms. The third-order valence-electron chi connectivity index (χ3n) is 5.71. The normalized spacial score (nSPS) is 10.6. The molecule has 0 aliphatic rings. The lowest BCUT2D eigenvalue weighted by Gasteiger charge is -2.10. The van der Waals surface area contributed by atoms with E-state index in [0.29, 0.717) is 5.56 Å². The molecule has 6 aromatic rings. The van der Waals surface area contributed by atoms with Crippen molar-refractivity contribution in [1.29, 1.82) is 5.26 Å². The molecule has 6 rings (SSSR count). The van der Waals surface area contributed by atoms with Gasteiger partial charge in [-0.05, 0) is 52.7 Å². The second-order valence-electron chi connectivity index (χ2n) is 7.89. The minimum atomic E-state index is 0.684. The molecule has 3 aromatic heterocycles. The number of hydrogen-bond acceptors (Lipinski definition) is 2. The number of H-pyrrole nitrogens is 1. The Balaban J connectivity index is 0.000000211. The highest BCUT2D eigenvalue weighted by atomic mass is 15.1. The Kier molecular flexibility index (Phi) is 5.73. The summed E-state index contributed by atoms with van der Waals surface area (Å²) in [4.78, 5) is 7.43. The van der Waals surface area contributed by atoms with Gasteiger partial charge in [0, 0.05) is 36.2 Å². The molecule has 1 N–H and O–H groups in total. The van der Waals surface area contributed by atoms with Gasteiger partial charge in [0.25, 0.3) is 0 Å². The molecule has 5 heteroatoms. The van der Waals surface area contributed by atoms with E-state index in [0.717, 1.165) is 24.3 Å². The van der Waals surface area contributed by atoms with Crippen LogP contribution in [0.5, 0.6) is 0 Å². The second-order valence-corrected chi connectivity index (χ2v) is 7.89. The van der Waals surface area contributed by atoms with E-state index in [1.54, 1.807) is 0 Å². The van der Waals surface area contributed by atoms with Gasteiger partial charge >= 0.3 is 0 Å². The molecule has 3 heterocycles. The number of nitriles is 1. The quantitative estimate of drug-likeness (QED) is 0.375. The molecule has 0 amide bonds. The van der Waals surface area contributed by atoms with E-state index < -0.39 is 0 Å². The van der Waals surface area contributed by atoms with E-state index in [9.17, 15) is 0 Å². The third-order valence-corrected chi connectivity index (χ3v) is 5.71. The maximum Gasteiger partial charge on any atom is 0.0991 e. The van der Waals surface area contributed by atoms with Gasteiger partial charge in [-0.15, -0.1) is 0 Å². The molecule has 3 aromatic carbocycles. The summed E-state index contributed by atoms with van der Waals surface area (Å²) in [5.41, 5.74) is 5.43. The molecule has 160 valence electrons. The van der Waals surface area contributed by atoms with Gasteiger partial charge < -0.3 is 14.1 Å². The Morgan fingerprint density at radius 2 is 1.58 bits per heavy atom. The predicted octanol–water partition coefficient (Wildman–Crippen LogP) is 5.97. The number of nitrogens with one attached hydrogen (secondary N) is 1. The number of para-hydroxylation sites is 2. The summed E-state index contributed by atoms with van der Waals surface area (Å²) >= 11 is 0. The van der Waals surface area contributed by atoms with Gasteiger partial charge in [-0.1, -0.05) is 48.5 Å². The maximum atomic E-state index is 8.89. The highest BCUT2D eigenvalue weighted by Gasteiger charge is 2.06. The molecule has 0 saturated carbocycles. The number of nitrogens with zero attached hydrogens (tertiary/aromatic N) is 4. The SMILES string of the molecule is N#Cc1ccc(Cn2cncc2Cn2ccc3ccccc32)cc1.c1ccc2[nH]ccc2c1. The molecular formula is C28H23N5. The van der Waals surface area contributed by atoms with Gasteiger partial charge in [0.2, 0.25) is 0 Å². The fourth-order valence-corrected chi connectivity index (χ4v) is 3.95. The number of aromatic nitrogens is 4. The molecule has 5 nitrogen and oxygen atoms in total. The van der Waals surface area contributed by atoms with Crippen molar-refractivity contribution in [3.8, 4) is 6.07 Å². The van der Waals surface area contributed by atoms with Gasteiger partial charge in [-0.3, -0.25) is 0 Å². The molecule has 0 aliphatic carbocycles. The van der Waals surface area contributed by atoms with Crippen LogP contribution in [0, 0.1) is 11.3 Å². The van der Waals surface area contributed by atoms with E-state index in [4.69, 9.17) is 5.26 Å². The van der Waals surface area contributed by atoms with Crippen molar-refractivity contribution < 1.29 is 0 Å². The molecular weight excluding hydrogens is 406 g/mol. The van der Waals surface area contributed by atoms with Crippen LogP contribution in [0.15, 0.2) is 110 Å². The summed E-state index contributed by atoms with van der Waals surface area (Å²) in [6.45, 7) is 1.53. The first-order valence-corrected chi connectivity index (χ1v) is 10.8. The van der Waals surface area contributed by atoms with E-state index in [-0.39, 0.29) is 0 Å². The Morgan fingerprint density at radius 3 is 2.39 bits per heavy atom. The number of aromatic amines is 1. The highest BCUT2D eigenvalue weighted by Crippen LogP contribution is 2.17. The van der Waals surface area contributed by atoms with Crippen LogP contribution in [0.1, 0.15) is 16.8 Å². The fourth-order valence-electron chi connectivity index (χ4n) is 3.95. The first-order chi connectivity index (χ1) is 16.3. The molecule has 0 fully saturated rings. The van der Waals surface area contributed by atoms with Crippen molar-refractivity contribution in [1.82, 2.24) is 19.1 Å². The van der Waals surface area contributed by atoms with Crippen LogP contribution in [-0.4, -0.2) is 19.1 Å². The summed E-state index contributed by atoms with van der Waals surface area (Å²) in [5, 5.41) is 11.4. The zero-order chi connectivity index (χ0) is 22.5. The minimum absolute atomic E-state index is 0.684. The smallest absolute Gasteiger partial charge is 0.0991 e. The van der Waals surface area contributed by atoms with Crippen LogP contribution >= 0.6 is 0 Å². The average molecular weight is 430 g/mol. The van der Waals surface area contributed by atoms with Crippen molar-refractivity contribution in [2.45, 2.75) is 13.1 Å². The molecule has 0 spiro atoms. The lowest BCUT2D eigenvalue weighted by molar-refractivity contribution is 0.698. The first-order valence-electron chi connectivity index (χ1n) is 10.8. The molecule has 0 unspecified atom stereocenters. The monoisotopic (exact) mass is 429 g/mol. The largest absolute Gasteiger partial charge is 0.361 e. The van der Waals surface area contributed by atoms with Crippen LogP contribution in [0.4, 0.5) is 0 Å². The van der Waals surface area contributed by atoms with Crippen molar-refractivity contribution in [3.05, 3.63) is 127 Å². The Bertz CT molecular complexity index is 1500. The van der Waals surface area contributed by atoms with Gasteiger partial charge in [-0.25, -0.2) is 4.98 Å². The zero-order valence-electron chi connectivity index (χ0n) is 18.1. The summed E-state index contributed by atoms with van der Waals surface area (Å²) in [6.07, 6.45) is 7.84. The Morgan fingerprint density at radius 1 is 0.788 bits per heavy atom. The van der Waals surface area contributed by atoms with Crippen LogP contribution in [0.25, 0.3) is 21.8 Å². The lowest BCUT2D eigenvalue weighted by atomic mass is 10.1. The molecule has 0 radical (unpaired) electrons. The van der Waals surface area contributed by atoms with Gasteiger partial charge in [-0.2, -0.15) is 5.26 Å². The standard InChI is InChI=1S/C20H16N4.C8H7N/c21-11-16-5-7-17(8-6-16)13-24-15-22-12-19(24)14-23-10-9-18-3-1-2-4-20(18)23;1-2-4-8-7(3-1)5-6-9-8/h1-10,12,15H,13-14H2;1-6,9H.